The molecule has 1 aromatic heterocycles. The highest BCUT2D eigenvalue weighted by Gasteiger charge is 2.40. The molecular formula is C13H12F3N3O5S2. The van der Waals surface area contributed by atoms with Crippen LogP contribution < -0.4 is 15.2 Å². The van der Waals surface area contributed by atoms with Crippen LogP contribution in [0.25, 0.3) is 0 Å². The third kappa shape index (κ3) is 3.56. The van der Waals surface area contributed by atoms with E-state index >= 15 is 0 Å². The summed E-state index contributed by atoms with van der Waals surface area (Å²) in [5, 5.41) is 7.41. The van der Waals surface area contributed by atoms with Gasteiger partial charge in [-0.05, 0) is 24.3 Å². The van der Waals surface area contributed by atoms with E-state index in [1.54, 1.807) is 12.1 Å². The van der Waals surface area contributed by atoms with Crippen LogP contribution in [-0.2, 0) is 32.6 Å². The predicted molar refractivity (Wildman–Crippen MR) is 83.0 cm³/mol. The van der Waals surface area contributed by atoms with Gasteiger partial charge in [-0.25, -0.2) is 22.0 Å². The molecule has 13 heteroatoms. The molecule has 0 amide bonds. The molecule has 0 saturated heterocycles. The number of primary sulfonamides is 1. The zero-order valence-electron chi connectivity index (χ0n) is 12.7. The lowest BCUT2D eigenvalue weighted by Crippen LogP contribution is -2.46. The normalized spacial score (nSPS) is 19.6. The molecule has 142 valence electrons. The van der Waals surface area contributed by atoms with Crippen LogP contribution >= 0.6 is 0 Å². The van der Waals surface area contributed by atoms with Gasteiger partial charge in [0.15, 0.2) is 0 Å². The maximum atomic E-state index is 13.2. The van der Waals surface area contributed by atoms with Crippen LogP contribution in [0, 0.1) is 0 Å². The average molecular weight is 411 g/mol. The number of hydrogen-bond acceptors (Lipinski definition) is 6. The Kier molecular flexibility index (Phi) is 4.29. The molecule has 1 aromatic carbocycles. The summed E-state index contributed by atoms with van der Waals surface area (Å²) in [5.74, 6) is 0.394. The van der Waals surface area contributed by atoms with Gasteiger partial charge >= 0.3 is 6.18 Å². The van der Waals surface area contributed by atoms with Crippen molar-refractivity contribution in [2.45, 2.75) is 28.6 Å². The fraction of sp³-hybridized carbons (Fsp3) is 0.231. The summed E-state index contributed by atoms with van der Waals surface area (Å²) in [6, 6.07) is 3.95. The number of rotatable bonds is 3. The second kappa shape index (κ2) is 5.97. The number of nitrogens with two attached hydrogens (primary N) is 1. The van der Waals surface area contributed by atoms with E-state index in [0.29, 0.717) is 17.9 Å². The topological polar surface area (TPSA) is 132 Å². The van der Waals surface area contributed by atoms with E-state index in [9.17, 15) is 30.0 Å². The van der Waals surface area contributed by atoms with Crippen LogP contribution in [0.2, 0.25) is 0 Å². The third-order valence-corrected chi connectivity index (χ3v) is 6.06. The molecule has 1 aliphatic heterocycles. The first-order chi connectivity index (χ1) is 11.9. The zero-order valence-corrected chi connectivity index (χ0v) is 14.4. The highest BCUT2D eigenvalue weighted by atomic mass is 32.2. The van der Waals surface area contributed by atoms with Gasteiger partial charge < -0.3 is 9.73 Å². The molecule has 8 nitrogen and oxygen atoms in total. The number of alkyl halides is 3. The summed E-state index contributed by atoms with van der Waals surface area (Å²) in [6.07, 6.45) is -4.66. The third-order valence-electron chi connectivity index (χ3n) is 3.60. The van der Waals surface area contributed by atoms with Crippen LogP contribution in [0.3, 0.4) is 0 Å². The van der Waals surface area contributed by atoms with Gasteiger partial charge in [0, 0.05) is 6.42 Å². The van der Waals surface area contributed by atoms with E-state index in [1.165, 1.54) is 6.26 Å². The molecule has 2 heterocycles. The van der Waals surface area contributed by atoms with Crippen molar-refractivity contribution in [1.82, 2.24) is 4.72 Å². The first-order valence-corrected chi connectivity index (χ1v) is 10.0. The van der Waals surface area contributed by atoms with E-state index in [4.69, 9.17) is 9.56 Å². The van der Waals surface area contributed by atoms with Gasteiger partial charge in [0.2, 0.25) is 20.0 Å². The van der Waals surface area contributed by atoms with Gasteiger partial charge in [-0.3, -0.25) is 0 Å². The Labute approximate surface area is 146 Å². The standard InChI is InChI=1S/C13H12F3N3O5S2/c14-13(15,16)8-5-9-11(6-10(8)25(17,20)21)26(22,23)19-12(18-9)4-7-2-1-3-24-7/h1-3,5-6,12,18-19H,4H2,(H2,17,20,21). The zero-order chi connectivity index (χ0) is 19.3. The maximum Gasteiger partial charge on any atom is 0.417 e. The quantitative estimate of drug-likeness (QED) is 0.696. The molecule has 0 saturated carbocycles. The Morgan fingerprint density at radius 1 is 1.27 bits per heavy atom. The molecule has 0 fully saturated rings. The van der Waals surface area contributed by atoms with E-state index in [0.717, 1.165) is 0 Å². The Hall–Kier alpha value is -2.09. The van der Waals surface area contributed by atoms with E-state index in [1.807, 2.05) is 0 Å². The van der Waals surface area contributed by atoms with Crippen LogP contribution in [-0.4, -0.2) is 23.0 Å². The largest absolute Gasteiger partial charge is 0.469 e. The molecule has 4 N–H and O–H groups in total. The van der Waals surface area contributed by atoms with Crippen molar-refractivity contribution in [2.24, 2.45) is 5.14 Å². The fourth-order valence-corrected chi connectivity index (χ4v) is 4.71. The van der Waals surface area contributed by atoms with Gasteiger partial charge in [0.25, 0.3) is 0 Å². The number of benzene rings is 1. The first-order valence-electron chi connectivity index (χ1n) is 6.97. The molecule has 1 aliphatic rings. The molecule has 1 unspecified atom stereocenters. The first kappa shape index (κ1) is 18.7. The number of anilines is 1. The minimum atomic E-state index is -5.05. The van der Waals surface area contributed by atoms with Crippen molar-refractivity contribution in [2.75, 3.05) is 5.32 Å². The summed E-state index contributed by atoms with van der Waals surface area (Å²) < 4.78 is 94.7. The number of halogens is 3. The maximum absolute atomic E-state index is 13.2. The number of furan rings is 1. The Balaban J connectivity index is 2.13. The second-order valence-electron chi connectivity index (χ2n) is 5.49. The highest BCUT2D eigenvalue weighted by molar-refractivity contribution is 7.90. The molecule has 0 radical (unpaired) electrons. The van der Waals surface area contributed by atoms with E-state index in [2.05, 4.69) is 10.0 Å². The number of sulfonamides is 2. The molecule has 2 aromatic rings. The smallest absolute Gasteiger partial charge is 0.417 e. The number of fused-ring (bicyclic) bond motifs is 1. The molecule has 3 rings (SSSR count). The van der Waals surface area contributed by atoms with Crippen LogP contribution in [0.15, 0.2) is 44.7 Å². The van der Waals surface area contributed by atoms with Crippen molar-refractivity contribution >= 4 is 25.7 Å². The van der Waals surface area contributed by atoms with Crippen molar-refractivity contribution in [3.05, 3.63) is 41.9 Å². The summed E-state index contributed by atoms with van der Waals surface area (Å²) in [6.45, 7) is 0. The molecule has 0 aliphatic carbocycles. The number of hydrogen-bond donors (Lipinski definition) is 3. The van der Waals surface area contributed by atoms with Crippen LogP contribution in [0.4, 0.5) is 18.9 Å². The van der Waals surface area contributed by atoms with Crippen molar-refractivity contribution < 1.29 is 34.4 Å². The van der Waals surface area contributed by atoms with E-state index < -0.39 is 47.7 Å². The summed E-state index contributed by atoms with van der Waals surface area (Å²) >= 11 is 0. The SMILES string of the molecule is NS(=O)(=O)c1cc2c(cc1C(F)(F)F)NC(Cc1ccco1)NS2(=O)=O. The van der Waals surface area contributed by atoms with E-state index in [-0.39, 0.29) is 12.1 Å². The molecular weight excluding hydrogens is 399 g/mol. The Bertz CT molecular complexity index is 1050. The summed E-state index contributed by atoms with van der Waals surface area (Å²) in [7, 11) is -9.09. The van der Waals surface area contributed by atoms with Crippen molar-refractivity contribution in [1.29, 1.82) is 0 Å². The van der Waals surface area contributed by atoms with Gasteiger partial charge in [0.1, 0.15) is 10.7 Å². The predicted octanol–water partition coefficient (Wildman–Crippen LogP) is 1.22. The second-order valence-corrected chi connectivity index (χ2v) is 8.70. The Morgan fingerprint density at radius 2 is 1.96 bits per heavy atom. The van der Waals surface area contributed by atoms with Crippen LogP contribution in [0.5, 0.6) is 0 Å². The lowest BCUT2D eigenvalue weighted by molar-refractivity contribution is -0.139. The minimum Gasteiger partial charge on any atom is -0.469 e. The van der Waals surface area contributed by atoms with Gasteiger partial charge in [-0.2, -0.15) is 17.9 Å². The Morgan fingerprint density at radius 3 is 2.50 bits per heavy atom. The molecule has 26 heavy (non-hydrogen) atoms. The average Bonchev–Trinajstić information content (AvgIpc) is 2.96. The molecule has 0 spiro atoms. The highest BCUT2D eigenvalue weighted by Crippen LogP contribution is 2.39. The van der Waals surface area contributed by atoms with Gasteiger partial charge in [-0.1, -0.05) is 0 Å². The lowest BCUT2D eigenvalue weighted by Gasteiger charge is -2.28. The minimum absolute atomic E-state index is 0.0178. The monoisotopic (exact) mass is 411 g/mol. The van der Waals surface area contributed by atoms with Crippen LogP contribution in [0.1, 0.15) is 11.3 Å². The van der Waals surface area contributed by atoms with Gasteiger partial charge in [0.05, 0.1) is 28.6 Å². The van der Waals surface area contributed by atoms with Crippen molar-refractivity contribution in [3.63, 3.8) is 0 Å². The fourth-order valence-electron chi connectivity index (χ4n) is 2.54. The molecule has 0 bridgehead atoms. The van der Waals surface area contributed by atoms with Crippen molar-refractivity contribution in [3.8, 4) is 0 Å². The molecule has 1 atom stereocenters. The lowest BCUT2D eigenvalue weighted by atomic mass is 10.1. The summed E-state index contributed by atoms with van der Waals surface area (Å²) in [4.78, 5) is -1.97. The number of nitrogens with one attached hydrogen (secondary N) is 2. The van der Waals surface area contributed by atoms with Gasteiger partial charge in [-0.15, -0.1) is 0 Å². The summed E-state index contributed by atoms with van der Waals surface area (Å²) in [5.41, 5.74) is -1.94.